The molecule has 5 rings (SSSR count). The third-order valence-electron chi connectivity index (χ3n) is 6.21. The van der Waals surface area contributed by atoms with E-state index in [1.54, 1.807) is 14.2 Å². The van der Waals surface area contributed by atoms with Gasteiger partial charge in [-0.25, -0.2) is 0 Å². The van der Waals surface area contributed by atoms with Crippen molar-refractivity contribution in [2.45, 2.75) is 11.8 Å². The van der Waals surface area contributed by atoms with Gasteiger partial charge in [-0.05, 0) is 34.9 Å². The van der Waals surface area contributed by atoms with Gasteiger partial charge in [-0.3, -0.25) is 4.79 Å². The van der Waals surface area contributed by atoms with E-state index in [2.05, 4.69) is 0 Å². The Hall–Kier alpha value is -3.67. The number of hydrogen-bond acceptors (Lipinski definition) is 5. The average molecular weight is 418 g/mol. The van der Waals surface area contributed by atoms with Crippen LogP contribution in [0.3, 0.4) is 0 Å². The smallest absolute Gasteiger partial charge is 0.308 e. The molecule has 3 unspecified atom stereocenters. The minimum absolute atomic E-state index is 0.118. The van der Waals surface area contributed by atoms with Crippen LogP contribution in [0.5, 0.6) is 23.0 Å². The first kappa shape index (κ1) is 19.3. The second-order valence-corrected chi connectivity index (χ2v) is 7.64. The molecule has 31 heavy (non-hydrogen) atoms. The summed E-state index contributed by atoms with van der Waals surface area (Å²) in [5, 5.41) is 10.4. The van der Waals surface area contributed by atoms with Crippen LogP contribution in [0, 0.1) is 5.92 Å². The highest BCUT2D eigenvalue weighted by molar-refractivity contribution is 5.78. The molecule has 6 nitrogen and oxygen atoms in total. The number of benzene rings is 3. The molecule has 1 aliphatic heterocycles. The molecule has 158 valence electrons. The Morgan fingerprint density at radius 2 is 1.58 bits per heavy atom. The van der Waals surface area contributed by atoms with Gasteiger partial charge in [-0.1, -0.05) is 42.5 Å². The number of rotatable bonds is 5. The highest BCUT2D eigenvalue weighted by Gasteiger charge is 2.47. The molecule has 0 fully saturated rings. The van der Waals surface area contributed by atoms with Gasteiger partial charge in [0.25, 0.3) is 0 Å². The molecule has 0 bridgehead atoms. The predicted octanol–water partition coefficient (Wildman–Crippen LogP) is 4.41. The zero-order valence-corrected chi connectivity index (χ0v) is 17.2. The SMILES string of the molecule is COc1ccc(C2c3ccccc3C(c3ccc4c(c3OC)OCO4)C2C(=O)O)cc1. The maximum Gasteiger partial charge on any atom is 0.308 e. The van der Waals surface area contributed by atoms with E-state index in [9.17, 15) is 9.90 Å². The Morgan fingerprint density at radius 1 is 0.871 bits per heavy atom. The highest BCUT2D eigenvalue weighted by Crippen LogP contribution is 2.56. The predicted molar refractivity (Wildman–Crippen MR) is 113 cm³/mol. The number of carbonyl (C=O) groups is 1. The van der Waals surface area contributed by atoms with E-state index in [0.717, 1.165) is 28.0 Å². The summed E-state index contributed by atoms with van der Waals surface area (Å²) in [6.07, 6.45) is 0. The van der Waals surface area contributed by atoms with E-state index in [-0.39, 0.29) is 12.7 Å². The van der Waals surface area contributed by atoms with Gasteiger partial charge in [0.05, 0.1) is 20.1 Å². The first-order chi connectivity index (χ1) is 15.1. The van der Waals surface area contributed by atoms with Crippen LogP contribution in [0.25, 0.3) is 0 Å². The minimum atomic E-state index is -0.860. The Labute approximate surface area is 179 Å². The van der Waals surface area contributed by atoms with Gasteiger partial charge in [0, 0.05) is 17.4 Å². The van der Waals surface area contributed by atoms with E-state index in [1.165, 1.54) is 0 Å². The highest BCUT2D eigenvalue weighted by atomic mass is 16.7. The standard InChI is InChI=1S/C25H22O6/c1-28-15-9-7-14(8-10-15)20-16-5-3-4-6-17(16)21(22(20)25(26)27)18-11-12-19-24(23(18)29-2)31-13-30-19/h3-12,20-22H,13H2,1-2H3,(H,26,27). The van der Waals surface area contributed by atoms with E-state index in [4.69, 9.17) is 18.9 Å². The summed E-state index contributed by atoms with van der Waals surface area (Å²) in [7, 11) is 3.18. The fraction of sp³-hybridized carbons (Fsp3) is 0.240. The quantitative estimate of drug-likeness (QED) is 0.662. The molecule has 0 spiro atoms. The molecule has 3 aromatic rings. The molecule has 6 heteroatoms. The number of hydrogen-bond donors (Lipinski definition) is 1. The van der Waals surface area contributed by atoms with Crippen LogP contribution in [-0.2, 0) is 4.79 Å². The average Bonchev–Trinajstić information content (AvgIpc) is 3.41. The topological polar surface area (TPSA) is 74.2 Å². The summed E-state index contributed by atoms with van der Waals surface area (Å²) in [6.45, 7) is 0.118. The third-order valence-corrected chi connectivity index (χ3v) is 6.21. The minimum Gasteiger partial charge on any atom is -0.497 e. The maximum absolute atomic E-state index is 12.7. The Kier molecular flexibility index (Phi) is 4.70. The van der Waals surface area contributed by atoms with Gasteiger partial charge >= 0.3 is 5.97 Å². The molecule has 0 aromatic heterocycles. The molecular formula is C25H22O6. The molecule has 3 atom stereocenters. The van der Waals surface area contributed by atoms with Gasteiger partial charge in [0.1, 0.15) is 5.75 Å². The van der Waals surface area contributed by atoms with Crippen LogP contribution in [0.2, 0.25) is 0 Å². The number of methoxy groups -OCH3 is 2. The van der Waals surface area contributed by atoms with E-state index in [0.29, 0.717) is 17.2 Å². The fourth-order valence-corrected chi connectivity index (χ4v) is 4.92. The Morgan fingerprint density at radius 3 is 2.23 bits per heavy atom. The van der Waals surface area contributed by atoms with Crippen molar-refractivity contribution in [1.82, 2.24) is 0 Å². The zero-order valence-electron chi connectivity index (χ0n) is 17.2. The van der Waals surface area contributed by atoms with Gasteiger partial charge in [-0.2, -0.15) is 0 Å². The zero-order chi connectivity index (χ0) is 21.5. The summed E-state index contributed by atoms with van der Waals surface area (Å²) in [5.41, 5.74) is 3.70. The van der Waals surface area contributed by atoms with Crippen molar-refractivity contribution in [3.05, 3.63) is 82.9 Å². The number of fused-ring (bicyclic) bond motifs is 2. The summed E-state index contributed by atoms with van der Waals surface area (Å²) in [4.78, 5) is 12.7. The number of carboxylic acids is 1. The fourth-order valence-electron chi connectivity index (χ4n) is 4.92. The second-order valence-electron chi connectivity index (χ2n) is 7.64. The van der Waals surface area contributed by atoms with Crippen molar-refractivity contribution in [2.75, 3.05) is 21.0 Å². The third kappa shape index (κ3) is 2.98. The second kappa shape index (κ2) is 7.54. The van der Waals surface area contributed by atoms with Crippen LogP contribution in [0.4, 0.5) is 0 Å². The lowest BCUT2D eigenvalue weighted by molar-refractivity contribution is -0.142. The first-order valence-electron chi connectivity index (χ1n) is 10.1. The van der Waals surface area contributed by atoms with Crippen molar-refractivity contribution < 1.29 is 28.8 Å². The van der Waals surface area contributed by atoms with Crippen molar-refractivity contribution in [1.29, 1.82) is 0 Å². The molecule has 2 aliphatic rings. The van der Waals surface area contributed by atoms with Gasteiger partial charge in [0.2, 0.25) is 12.5 Å². The number of carboxylic acid groups (broad SMARTS) is 1. The number of ether oxygens (including phenoxy) is 4. The summed E-state index contributed by atoms with van der Waals surface area (Å²) in [5.74, 6) is 0.110. The van der Waals surface area contributed by atoms with Gasteiger partial charge < -0.3 is 24.1 Å². The molecule has 1 N–H and O–H groups in total. The lowest BCUT2D eigenvalue weighted by Gasteiger charge is -2.24. The van der Waals surface area contributed by atoms with Crippen LogP contribution < -0.4 is 18.9 Å². The van der Waals surface area contributed by atoms with Crippen LogP contribution in [-0.4, -0.2) is 32.1 Å². The molecule has 1 heterocycles. The molecule has 0 saturated carbocycles. The Bertz CT molecular complexity index is 1140. The number of aliphatic carboxylic acids is 1. The molecule has 0 saturated heterocycles. The van der Waals surface area contributed by atoms with E-state index in [1.807, 2.05) is 60.7 Å². The monoisotopic (exact) mass is 418 g/mol. The van der Waals surface area contributed by atoms with Gasteiger partial charge in [0.15, 0.2) is 11.5 Å². The molecule has 0 radical (unpaired) electrons. The molecule has 3 aromatic carbocycles. The molecular weight excluding hydrogens is 396 g/mol. The largest absolute Gasteiger partial charge is 0.497 e. The first-order valence-corrected chi connectivity index (χ1v) is 10.1. The van der Waals surface area contributed by atoms with Crippen LogP contribution in [0.1, 0.15) is 34.1 Å². The van der Waals surface area contributed by atoms with E-state index < -0.39 is 17.8 Å². The van der Waals surface area contributed by atoms with Crippen molar-refractivity contribution in [3.63, 3.8) is 0 Å². The van der Waals surface area contributed by atoms with Crippen molar-refractivity contribution in [3.8, 4) is 23.0 Å². The Balaban J connectivity index is 1.70. The summed E-state index contributed by atoms with van der Waals surface area (Å²) < 4.78 is 22.1. The van der Waals surface area contributed by atoms with Crippen LogP contribution in [0.15, 0.2) is 60.7 Å². The van der Waals surface area contributed by atoms with Crippen molar-refractivity contribution >= 4 is 5.97 Å². The van der Waals surface area contributed by atoms with Crippen molar-refractivity contribution in [2.24, 2.45) is 5.92 Å². The van der Waals surface area contributed by atoms with Gasteiger partial charge in [-0.15, -0.1) is 0 Å². The maximum atomic E-state index is 12.7. The summed E-state index contributed by atoms with van der Waals surface area (Å²) in [6, 6.07) is 19.2. The molecule has 0 amide bonds. The summed E-state index contributed by atoms with van der Waals surface area (Å²) >= 11 is 0. The normalized spacial score (nSPS) is 20.9. The lowest BCUT2D eigenvalue weighted by atomic mass is 9.79. The molecule has 1 aliphatic carbocycles. The van der Waals surface area contributed by atoms with E-state index >= 15 is 0 Å². The lowest BCUT2D eigenvalue weighted by Crippen LogP contribution is -2.24. The van der Waals surface area contributed by atoms with Crippen LogP contribution >= 0.6 is 0 Å².